The van der Waals surface area contributed by atoms with E-state index in [0.717, 1.165) is 19.4 Å². The van der Waals surface area contributed by atoms with Crippen LogP contribution in [0.2, 0.25) is 0 Å². The normalized spacial score (nSPS) is 18.0. The van der Waals surface area contributed by atoms with E-state index in [2.05, 4.69) is 9.97 Å². The van der Waals surface area contributed by atoms with Gasteiger partial charge in [0.15, 0.2) is 5.82 Å². The fourth-order valence-electron chi connectivity index (χ4n) is 2.88. The van der Waals surface area contributed by atoms with Crippen LogP contribution in [0.25, 0.3) is 11.4 Å². The standard InChI is InChI=1S/C18H22FN3O2/c1-12(2)24-15-7-3-6-14(19)17(15)18-20-9-8-16(21-18)22-10-4-5-13(23)11-22/h3,6-9,12-13,23H,4-5,10-11H2,1-2H3/t13-/m1/s1. The highest BCUT2D eigenvalue weighted by Gasteiger charge is 2.21. The summed E-state index contributed by atoms with van der Waals surface area (Å²) in [5.41, 5.74) is 0.269. The molecule has 2 heterocycles. The largest absolute Gasteiger partial charge is 0.490 e. The minimum absolute atomic E-state index is 0.0778. The molecule has 0 saturated carbocycles. The molecule has 1 aliphatic heterocycles. The highest BCUT2D eigenvalue weighted by Crippen LogP contribution is 2.32. The van der Waals surface area contributed by atoms with Crippen LogP contribution in [0.15, 0.2) is 30.5 Å². The number of aromatic nitrogens is 2. The SMILES string of the molecule is CC(C)Oc1cccc(F)c1-c1nccc(N2CCC[C@@H](O)C2)n1. The zero-order valence-corrected chi connectivity index (χ0v) is 13.9. The predicted octanol–water partition coefficient (Wildman–Crippen LogP) is 3.03. The number of benzene rings is 1. The zero-order valence-electron chi connectivity index (χ0n) is 13.9. The lowest BCUT2D eigenvalue weighted by Crippen LogP contribution is -2.38. The van der Waals surface area contributed by atoms with E-state index in [-0.39, 0.29) is 17.8 Å². The van der Waals surface area contributed by atoms with Crippen LogP contribution >= 0.6 is 0 Å². The molecule has 3 rings (SSSR count). The van der Waals surface area contributed by atoms with Gasteiger partial charge in [-0.05, 0) is 44.9 Å². The van der Waals surface area contributed by atoms with Crippen LogP contribution in [0.4, 0.5) is 10.2 Å². The van der Waals surface area contributed by atoms with E-state index in [4.69, 9.17) is 4.74 Å². The summed E-state index contributed by atoms with van der Waals surface area (Å²) in [4.78, 5) is 10.7. The average Bonchev–Trinajstić information content (AvgIpc) is 2.54. The summed E-state index contributed by atoms with van der Waals surface area (Å²) in [5, 5.41) is 9.85. The van der Waals surface area contributed by atoms with Crippen molar-refractivity contribution in [2.45, 2.75) is 38.9 Å². The van der Waals surface area contributed by atoms with Gasteiger partial charge < -0.3 is 14.7 Å². The Morgan fingerprint density at radius 3 is 2.92 bits per heavy atom. The molecule has 0 amide bonds. The first-order valence-corrected chi connectivity index (χ1v) is 8.26. The van der Waals surface area contributed by atoms with Crippen molar-refractivity contribution < 1.29 is 14.2 Å². The van der Waals surface area contributed by atoms with Gasteiger partial charge in [-0.25, -0.2) is 14.4 Å². The van der Waals surface area contributed by atoms with Crippen LogP contribution in [0.5, 0.6) is 5.75 Å². The maximum atomic E-state index is 14.4. The van der Waals surface area contributed by atoms with E-state index in [1.807, 2.05) is 18.7 Å². The Morgan fingerprint density at radius 2 is 2.17 bits per heavy atom. The van der Waals surface area contributed by atoms with Crippen molar-refractivity contribution in [1.82, 2.24) is 9.97 Å². The van der Waals surface area contributed by atoms with Gasteiger partial charge in [0.1, 0.15) is 17.4 Å². The molecule has 1 aromatic carbocycles. The number of β-amino-alcohol motifs (C(OH)–C–C–N with tert-alkyl or cyclic N) is 1. The first kappa shape index (κ1) is 16.6. The Bertz CT molecular complexity index is 708. The Balaban J connectivity index is 1.97. The Labute approximate surface area is 141 Å². The minimum Gasteiger partial charge on any atom is -0.490 e. The molecule has 0 unspecified atom stereocenters. The van der Waals surface area contributed by atoms with Crippen molar-refractivity contribution in [3.63, 3.8) is 0 Å². The maximum Gasteiger partial charge on any atom is 0.168 e. The summed E-state index contributed by atoms with van der Waals surface area (Å²) in [6, 6.07) is 6.50. The number of hydrogen-bond donors (Lipinski definition) is 1. The monoisotopic (exact) mass is 331 g/mol. The lowest BCUT2D eigenvalue weighted by atomic mass is 10.1. The number of rotatable bonds is 4. The van der Waals surface area contributed by atoms with Crippen LogP contribution in [0.3, 0.4) is 0 Å². The molecule has 5 nitrogen and oxygen atoms in total. The lowest BCUT2D eigenvalue weighted by Gasteiger charge is -2.31. The summed E-state index contributed by atoms with van der Waals surface area (Å²) in [6.07, 6.45) is 2.89. The number of aliphatic hydroxyl groups is 1. The van der Waals surface area contributed by atoms with E-state index in [1.54, 1.807) is 24.4 Å². The van der Waals surface area contributed by atoms with Gasteiger partial charge in [0.2, 0.25) is 0 Å². The van der Waals surface area contributed by atoms with Crippen molar-refractivity contribution in [3.05, 3.63) is 36.3 Å². The molecular weight excluding hydrogens is 309 g/mol. The van der Waals surface area contributed by atoms with E-state index in [9.17, 15) is 9.50 Å². The van der Waals surface area contributed by atoms with Gasteiger partial charge in [-0.15, -0.1) is 0 Å². The van der Waals surface area contributed by atoms with Gasteiger partial charge in [-0.2, -0.15) is 0 Å². The number of halogens is 1. The average molecular weight is 331 g/mol. The minimum atomic E-state index is -0.413. The molecule has 1 N–H and O–H groups in total. The fourth-order valence-corrected chi connectivity index (χ4v) is 2.88. The van der Waals surface area contributed by atoms with E-state index >= 15 is 0 Å². The highest BCUT2D eigenvalue weighted by atomic mass is 19.1. The molecule has 24 heavy (non-hydrogen) atoms. The highest BCUT2D eigenvalue weighted by molar-refractivity contribution is 5.66. The summed E-state index contributed by atoms with van der Waals surface area (Å²) >= 11 is 0. The molecule has 1 atom stereocenters. The van der Waals surface area contributed by atoms with E-state index < -0.39 is 5.82 Å². The molecule has 1 saturated heterocycles. The van der Waals surface area contributed by atoms with Crippen LogP contribution < -0.4 is 9.64 Å². The second-order valence-corrected chi connectivity index (χ2v) is 6.26. The van der Waals surface area contributed by atoms with Gasteiger partial charge in [0, 0.05) is 19.3 Å². The summed E-state index contributed by atoms with van der Waals surface area (Å²) in [6.45, 7) is 5.13. The van der Waals surface area contributed by atoms with Gasteiger partial charge in [0.05, 0.1) is 17.8 Å². The number of nitrogens with zero attached hydrogens (tertiary/aromatic N) is 3. The van der Waals surface area contributed by atoms with Crippen molar-refractivity contribution in [2.75, 3.05) is 18.0 Å². The maximum absolute atomic E-state index is 14.4. The molecule has 1 fully saturated rings. The Kier molecular flexibility index (Phi) is 4.94. The number of hydrogen-bond acceptors (Lipinski definition) is 5. The first-order valence-electron chi connectivity index (χ1n) is 8.26. The van der Waals surface area contributed by atoms with E-state index in [1.165, 1.54) is 6.07 Å². The van der Waals surface area contributed by atoms with Crippen LogP contribution in [-0.2, 0) is 0 Å². The first-order chi connectivity index (χ1) is 11.5. The van der Waals surface area contributed by atoms with Crippen molar-refractivity contribution >= 4 is 5.82 Å². The van der Waals surface area contributed by atoms with Crippen molar-refractivity contribution in [1.29, 1.82) is 0 Å². The van der Waals surface area contributed by atoms with Gasteiger partial charge in [-0.3, -0.25) is 0 Å². The number of piperidine rings is 1. The summed E-state index contributed by atoms with van der Waals surface area (Å²) in [7, 11) is 0. The predicted molar refractivity (Wildman–Crippen MR) is 90.6 cm³/mol. The second-order valence-electron chi connectivity index (χ2n) is 6.26. The van der Waals surface area contributed by atoms with Crippen molar-refractivity contribution in [3.8, 4) is 17.1 Å². The van der Waals surface area contributed by atoms with E-state index in [0.29, 0.717) is 23.9 Å². The molecule has 0 aliphatic carbocycles. The topological polar surface area (TPSA) is 58.5 Å². The summed E-state index contributed by atoms with van der Waals surface area (Å²) < 4.78 is 20.1. The molecule has 1 aromatic heterocycles. The quantitative estimate of drug-likeness (QED) is 0.933. The van der Waals surface area contributed by atoms with Crippen molar-refractivity contribution in [2.24, 2.45) is 0 Å². The van der Waals surface area contributed by atoms with Crippen LogP contribution in [-0.4, -0.2) is 40.4 Å². The number of aliphatic hydroxyl groups excluding tert-OH is 1. The Morgan fingerprint density at radius 1 is 1.33 bits per heavy atom. The number of anilines is 1. The number of ether oxygens (including phenoxy) is 1. The Hall–Kier alpha value is -2.21. The molecule has 2 aromatic rings. The molecule has 6 heteroatoms. The lowest BCUT2D eigenvalue weighted by molar-refractivity contribution is 0.154. The molecule has 0 bridgehead atoms. The molecule has 1 aliphatic rings. The van der Waals surface area contributed by atoms with Crippen LogP contribution in [0.1, 0.15) is 26.7 Å². The summed E-state index contributed by atoms with van der Waals surface area (Å²) in [5.74, 6) is 1.00. The van der Waals surface area contributed by atoms with Crippen LogP contribution in [0, 0.1) is 5.82 Å². The smallest absolute Gasteiger partial charge is 0.168 e. The molecular formula is C18H22FN3O2. The second kappa shape index (κ2) is 7.13. The van der Waals surface area contributed by atoms with Gasteiger partial charge in [0.25, 0.3) is 0 Å². The zero-order chi connectivity index (χ0) is 17.1. The third kappa shape index (κ3) is 3.64. The van der Waals surface area contributed by atoms with Gasteiger partial charge >= 0.3 is 0 Å². The fraction of sp³-hybridized carbons (Fsp3) is 0.444. The third-order valence-electron chi connectivity index (χ3n) is 3.92. The molecule has 0 radical (unpaired) electrons. The third-order valence-corrected chi connectivity index (χ3v) is 3.92. The molecule has 128 valence electrons. The van der Waals surface area contributed by atoms with Gasteiger partial charge in [-0.1, -0.05) is 6.07 Å². The molecule has 0 spiro atoms.